The van der Waals surface area contributed by atoms with Gasteiger partial charge in [0.25, 0.3) is 5.91 Å². The van der Waals surface area contributed by atoms with E-state index in [4.69, 9.17) is 17.5 Å². The number of aromatic nitrogens is 1. The van der Waals surface area contributed by atoms with Crippen LogP contribution in [0.3, 0.4) is 0 Å². The Labute approximate surface area is 211 Å². The highest BCUT2D eigenvalue weighted by molar-refractivity contribution is 7.79. The number of alkyl halides is 3. The fourth-order valence-electron chi connectivity index (χ4n) is 3.41. The normalized spacial score (nSPS) is 11.4. The molecule has 2 amide bonds. The molecule has 12 heteroatoms. The second kappa shape index (κ2) is 11.4. The Hall–Kier alpha value is -3.59. The smallest absolute Gasteiger partial charge is 0.359 e. The average molecular weight is 524 g/mol. The van der Waals surface area contributed by atoms with Gasteiger partial charge in [0.15, 0.2) is 5.82 Å². The molecular weight excluding hydrogens is 498 g/mol. The van der Waals surface area contributed by atoms with Gasteiger partial charge in [-0.2, -0.15) is 18.4 Å². The van der Waals surface area contributed by atoms with Crippen LogP contribution in [-0.4, -0.2) is 41.9 Å². The highest BCUT2D eigenvalue weighted by atomic mass is 32.1. The quantitative estimate of drug-likeness (QED) is 0.388. The number of hydrogen-bond acceptors (Lipinski definition) is 6. The molecule has 0 aliphatic heterocycles. The first-order chi connectivity index (χ1) is 16.8. The molecule has 0 fully saturated rings. The lowest BCUT2D eigenvalue weighted by molar-refractivity contribution is -0.140. The predicted molar refractivity (Wildman–Crippen MR) is 131 cm³/mol. The Morgan fingerprint density at radius 1 is 1.22 bits per heavy atom. The zero-order valence-electron chi connectivity index (χ0n) is 20.1. The Morgan fingerprint density at radius 2 is 1.89 bits per heavy atom. The first kappa shape index (κ1) is 28.6. The minimum absolute atomic E-state index is 0.0734. The van der Waals surface area contributed by atoms with Crippen LogP contribution < -0.4 is 15.1 Å². The third-order valence-corrected chi connectivity index (χ3v) is 5.99. The van der Waals surface area contributed by atoms with Crippen molar-refractivity contribution in [1.29, 1.82) is 5.26 Å². The molecule has 192 valence electrons. The van der Waals surface area contributed by atoms with Crippen LogP contribution in [0.15, 0.2) is 30.5 Å². The van der Waals surface area contributed by atoms with Crippen molar-refractivity contribution >= 4 is 40.9 Å². The Kier molecular flexibility index (Phi) is 9.10. The molecule has 0 aliphatic rings. The van der Waals surface area contributed by atoms with E-state index in [1.807, 2.05) is 0 Å². The van der Waals surface area contributed by atoms with E-state index in [0.717, 1.165) is 23.3 Å². The number of aryl methyl sites for hydroxylation is 1. The van der Waals surface area contributed by atoms with Crippen LogP contribution in [0.25, 0.3) is 0 Å². The fraction of sp³-hybridized carbons (Fsp3) is 0.375. The summed E-state index contributed by atoms with van der Waals surface area (Å²) in [5.74, 6) is -2.64. The fourth-order valence-corrected chi connectivity index (χ4v) is 3.62. The average Bonchev–Trinajstić information content (AvgIpc) is 2.83. The van der Waals surface area contributed by atoms with Crippen LogP contribution in [0.1, 0.15) is 43.5 Å². The summed E-state index contributed by atoms with van der Waals surface area (Å²) in [7, 11) is 3.14. The maximum atomic E-state index is 15.0. The van der Waals surface area contributed by atoms with Crippen molar-refractivity contribution in [2.45, 2.75) is 44.8 Å². The zero-order valence-corrected chi connectivity index (χ0v) is 20.9. The second-order valence-electron chi connectivity index (χ2n) is 8.36. The van der Waals surface area contributed by atoms with Gasteiger partial charge in [0.05, 0.1) is 34.7 Å². The summed E-state index contributed by atoms with van der Waals surface area (Å²) < 4.78 is 55.3. The molecule has 1 N–H and O–H groups in total. The number of carbonyl (C=O) groups is 2. The van der Waals surface area contributed by atoms with E-state index >= 15 is 0 Å². The number of hydrogen-bond donors (Lipinski definition) is 1. The number of anilines is 2. The number of likely N-dealkylation sites (N-methyl/N-ethyl adjacent to an activating group) is 1. The van der Waals surface area contributed by atoms with Crippen LogP contribution in [0.5, 0.6) is 0 Å². The van der Waals surface area contributed by atoms with Gasteiger partial charge < -0.3 is 10.2 Å². The minimum Gasteiger partial charge on any atom is -0.359 e. The summed E-state index contributed by atoms with van der Waals surface area (Å²) in [4.78, 5) is 31.2. The van der Waals surface area contributed by atoms with E-state index in [-0.39, 0.29) is 5.91 Å². The monoisotopic (exact) mass is 523 g/mol. The lowest BCUT2D eigenvalue weighted by atomic mass is 9.99. The van der Waals surface area contributed by atoms with E-state index < -0.39 is 40.3 Å². The number of nitriles is 1. The maximum absolute atomic E-state index is 15.0. The minimum atomic E-state index is -5.15. The summed E-state index contributed by atoms with van der Waals surface area (Å²) in [6.45, 7) is 3.01. The van der Waals surface area contributed by atoms with Crippen LogP contribution >= 0.6 is 12.2 Å². The molecule has 0 atom stereocenters. The molecule has 36 heavy (non-hydrogen) atoms. The molecule has 0 unspecified atom stereocenters. The molecule has 0 radical (unpaired) electrons. The summed E-state index contributed by atoms with van der Waals surface area (Å²) >= 11 is 4.85. The van der Waals surface area contributed by atoms with Crippen molar-refractivity contribution in [3.05, 3.63) is 53.1 Å². The molecule has 7 nitrogen and oxygen atoms in total. The van der Waals surface area contributed by atoms with E-state index in [0.29, 0.717) is 29.8 Å². The molecule has 1 heterocycles. The van der Waals surface area contributed by atoms with Gasteiger partial charge in [0.1, 0.15) is 11.1 Å². The van der Waals surface area contributed by atoms with E-state index in [1.165, 1.54) is 31.0 Å². The molecular formula is C24H25F4N5O2S. The number of amides is 2. The number of thiocarbonyl (C=S) groups is 1. The highest BCUT2D eigenvalue weighted by Crippen LogP contribution is 2.38. The van der Waals surface area contributed by atoms with Gasteiger partial charge in [0, 0.05) is 26.2 Å². The molecule has 0 saturated heterocycles. The molecule has 0 saturated carbocycles. The van der Waals surface area contributed by atoms with E-state index in [1.54, 1.807) is 26.2 Å². The van der Waals surface area contributed by atoms with Crippen LogP contribution in [0.2, 0.25) is 0 Å². The van der Waals surface area contributed by atoms with E-state index in [2.05, 4.69) is 10.3 Å². The number of rotatable bonds is 9. The predicted octanol–water partition coefficient (Wildman–Crippen LogP) is 4.39. The SMILES string of the molecule is CNC(=O)CCCc1ccc(N(C)C(C)(C)C(=O)N(C=S)c2ccc(C#N)c(C(F)(F)F)c2F)cn1. The molecule has 2 rings (SSSR count). The van der Waals surface area contributed by atoms with Gasteiger partial charge in [-0.3, -0.25) is 19.5 Å². The van der Waals surface area contributed by atoms with Crippen molar-refractivity contribution in [2.75, 3.05) is 23.9 Å². The van der Waals surface area contributed by atoms with Gasteiger partial charge in [-0.25, -0.2) is 4.39 Å². The number of nitrogens with one attached hydrogen (secondary N) is 1. The Balaban J connectivity index is 2.32. The van der Waals surface area contributed by atoms with Crippen molar-refractivity contribution in [3.8, 4) is 6.07 Å². The summed E-state index contributed by atoms with van der Waals surface area (Å²) in [5.41, 5.74) is -2.76. The first-order valence-electron chi connectivity index (χ1n) is 10.8. The molecule has 0 aliphatic carbocycles. The number of halogens is 4. The van der Waals surface area contributed by atoms with Crippen molar-refractivity contribution < 1.29 is 27.2 Å². The van der Waals surface area contributed by atoms with Gasteiger partial charge in [-0.1, -0.05) is 12.2 Å². The largest absolute Gasteiger partial charge is 0.420 e. The molecule has 1 aromatic heterocycles. The molecule has 2 aromatic rings. The topological polar surface area (TPSA) is 89.3 Å². The third kappa shape index (κ3) is 6.15. The number of nitrogens with zero attached hydrogens (tertiary/aromatic N) is 4. The highest BCUT2D eigenvalue weighted by Gasteiger charge is 2.42. The van der Waals surface area contributed by atoms with Gasteiger partial charge in [-0.15, -0.1) is 0 Å². The summed E-state index contributed by atoms with van der Waals surface area (Å²) in [6, 6.07) is 6.48. The van der Waals surface area contributed by atoms with Crippen molar-refractivity contribution in [1.82, 2.24) is 10.3 Å². The number of pyridine rings is 1. The molecule has 1 aromatic carbocycles. The molecule has 0 bridgehead atoms. The van der Waals surface area contributed by atoms with Gasteiger partial charge in [0.2, 0.25) is 5.91 Å². The van der Waals surface area contributed by atoms with E-state index in [9.17, 15) is 27.2 Å². The first-order valence-corrected chi connectivity index (χ1v) is 11.2. The molecule has 0 spiro atoms. The van der Waals surface area contributed by atoms with Crippen molar-refractivity contribution in [2.24, 2.45) is 0 Å². The summed E-state index contributed by atoms with van der Waals surface area (Å²) in [6.07, 6.45) is -2.10. The summed E-state index contributed by atoms with van der Waals surface area (Å²) in [5, 5.41) is 11.5. The lowest BCUT2D eigenvalue weighted by Gasteiger charge is -2.38. The standard InChI is InChI=1S/C24H25F4N5O2S/c1-23(2,32(4)17-10-9-16(31-13-17)6-5-7-19(34)30-3)22(35)33(14-36)18-11-8-15(12-29)20(21(18)25)24(26,27)28/h8-11,13-14H,5-7H2,1-4H3,(H,30,34). The van der Waals surface area contributed by atoms with Crippen LogP contribution in [-0.2, 0) is 22.2 Å². The number of carbonyl (C=O) groups excluding carboxylic acids is 2. The third-order valence-electron chi connectivity index (χ3n) is 5.78. The van der Waals surface area contributed by atoms with Crippen LogP contribution in [0, 0.1) is 17.1 Å². The Bertz CT molecular complexity index is 1180. The zero-order chi connectivity index (χ0) is 27.3. The van der Waals surface area contributed by atoms with Gasteiger partial charge >= 0.3 is 6.18 Å². The number of benzene rings is 1. The van der Waals surface area contributed by atoms with Gasteiger partial charge in [-0.05, 0) is 51.0 Å². The second-order valence-corrected chi connectivity index (χ2v) is 8.57. The van der Waals surface area contributed by atoms with Crippen molar-refractivity contribution in [3.63, 3.8) is 0 Å². The Morgan fingerprint density at radius 3 is 2.39 bits per heavy atom. The van der Waals surface area contributed by atoms with Crippen LogP contribution in [0.4, 0.5) is 28.9 Å². The maximum Gasteiger partial charge on any atom is 0.420 e. The lowest BCUT2D eigenvalue weighted by Crippen LogP contribution is -2.55.